The van der Waals surface area contributed by atoms with Gasteiger partial charge in [0.15, 0.2) is 5.96 Å². The summed E-state index contributed by atoms with van der Waals surface area (Å²) in [5, 5.41) is 6.57. The van der Waals surface area contributed by atoms with E-state index in [0.29, 0.717) is 12.4 Å². The van der Waals surface area contributed by atoms with Gasteiger partial charge in [-0.25, -0.2) is 4.98 Å². The monoisotopic (exact) mass is 292 g/mol. The largest absolute Gasteiger partial charge is 0.443 e. The summed E-state index contributed by atoms with van der Waals surface area (Å²) < 4.78 is 5.75. The fraction of sp³-hybridized carbons (Fsp3) is 0.750. The van der Waals surface area contributed by atoms with E-state index in [4.69, 9.17) is 4.42 Å². The van der Waals surface area contributed by atoms with Crippen molar-refractivity contribution in [2.45, 2.75) is 58.4 Å². The molecule has 0 amide bonds. The van der Waals surface area contributed by atoms with Crippen LogP contribution in [0.1, 0.15) is 58.1 Å². The second-order valence-corrected chi connectivity index (χ2v) is 6.81. The molecule has 0 aromatic carbocycles. The summed E-state index contributed by atoms with van der Waals surface area (Å²) >= 11 is 0. The fourth-order valence-corrected chi connectivity index (χ4v) is 2.12. The first-order valence-corrected chi connectivity index (χ1v) is 7.88. The molecule has 1 aliphatic rings. The van der Waals surface area contributed by atoms with Gasteiger partial charge >= 0.3 is 0 Å². The lowest BCUT2D eigenvalue weighted by Gasteiger charge is -2.13. The number of guanidine groups is 1. The number of hydrogen-bond donors (Lipinski definition) is 2. The van der Waals surface area contributed by atoms with Gasteiger partial charge in [0.25, 0.3) is 0 Å². The van der Waals surface area contributed by atoms with Crippen LogP contribution >= 0.6 is 0 Å². The molecule has 0 saturated heterocycles. The number of oxazole rings is 1. The molecular weight excluding hydrogens is 264 g/mol. The van der Waals surface area contributed by atoms with Crippen molar-refractivity contribution in [3.05, 3.63) is 17.8 Å². The Labute approximate surface area is 127 Å². The van der Waals surface area contributed by atoms with Crippen LogP contribution in [0.2, 0.25) is 0 Å². The highest BCUT2D eigenvalue weighted by Gasteiger charge is 2.20. The highest BCUT2D eigenvalue weighted by molar-refractivity contribution is 5.79. The Hall–Kier alpha value is -1.52. The first-order valence-electron chi connectivity index (χ1n) is 7.88. The van der Waals surface area contributed by atoms with Gasteiger partial charge in [0.05, 0.1) is 12.7 Å². The number of hydrogen-bond acceptors (Lipinski definition) is 3. The third kappa shape index (κ3) is 5.40. The first-order chi connectivity index (χ1) is 9.99. The molecule has 5 heteroatoms. The minimum atomic E-state index is -0.00597. The molecule has 0 spiro atoms. The van der Waals surface area contributed by atoms with Gasteiger partial charge in [0.2, 0.25) is 5.89 Å². The highest BCUT2D eigenvalue weighted by Crippen LogP contribution is 2.33. The van der Waals surface area contributed by atoms with Crippen molar-refractivity contribution in [1.29, 1.82) is 0 Å². The Balaban J connectivity index is 1.70. The van der Waals surface area contributed by atoms with Crippen molar-refractivity contribution in [1.82, 2.24) is 15.6 Å². The molecule has 1 saturated carbocycles. The van der Waals surface area contributed by atoms with Gasteiger partial charge in [-0.15, -0.1) is 0 Å². The van der Waals surface area contributed by atoms with Crippen molar-refractivity contribution in [2.24, 2.45) is 10.9 Å². The van der Waals surface area contributed by atoms with E-state index in [-0.39, 0.29) is 5.41 Å². The van der Waals surface area contributed by atoms with Crippen LogP contribution < -0.4 is 10.6 Å². The van der Waals surface area contributed by atoms with Crippen molar-refractivity contribution < 1.29 is 4.42 Å². The molecule has 0 radical (unpaired) electrons. The summed E-state index contributed by atoms with van der Waals surface area (Å²) in [6.45, 7) is 7.87. The molecule has 118 valence electrons. The maximum absolute atomic E-state index is 5.75. The van der Waals surface area contributed by atoms with Gasteiger partial charge < -0.3 is 15.1 Å². The van der Waals surface area contributed by atoms with Gasteiger partial charge in [-0.3, -0.25) is 4.99 Å². The molecule has 1 heterocycles. The summed E-state index contributed by atoms with van der Waals surface area (Å²) in [7, 11) is 1.78. The zero-order chi connectivity index (χ0) is 15.3. The molecule has 1 aliphatic carbocycles. The smallest absolute Gasteiger partial charge is 0.213 e. The van der Waals surface area contributed by atoms with Crippen LogP contribution in [0.3, 0.4) is 0 Å². The second-order valence-electron chi connectivity index (χ2n) is 6.81. The number of nitrogens with one attached hydrogen (secondary N) is 2. The van der Waals surface area contributed by atoms with Gasteiger partial charge in [-0.1, -0.05) is 33.6 Å². The van der Waals surface area contributed by atoms with Crippen LogP contribution in [0.25, 0.3) is 0 Å². The fourth-order valence-electron chi connectivity index (χ4n) is 2.12. The van der Waals surface area contributed by atoms with E-state index in [1.807, 2.05) is 6.20 Å². The van der Waals surface area contributed by atoms with Gasteiger partial charge in [-0.2, -0.15) is 0 Å². The van der Waals surface area contributed by atoms with E-state index in [1.54, 1.807) is 7.05 Å². The minimum absolute atomic E-state index is 0.00597. The third-order valence-corrected chi connectivity index (χ3v) is 3.70. The van der Waals surface area contributed by atoms with Crippen molar-refractivity contribution in [3.63, 3.8) is 0 Å². The number of aliphatic imine (C=N–C) groups is 1. The molecular formula is C16H28N4O. The van der Waals surface area contributed by atoms with Crippen LogP contribution in [0, 0.1) is 5.92 Å². The summed E-state index contributed by atoms with van der Waals surface area (Å²) in [4.78, 5) is 8.52. The van der Waals surface area contributed by atoms with Gasteiger partial charge in [0, 0.05) is 19.0 Å². The molecule has 2 rings (SSSR count). The lowest BCUT2D eigenvalue weighted by molar-refractivity contribution is 0.379. The molecule has 5 nitrogen and oxygen atoms in total. The average molecular weight is 292 g/mol. The predicted molar refractivity (Wildman–Crippen MR) is 85.4 cm³/mol. The Bertz CT molecular complexity index is 469. The summed E-state index contributed by atoms with van der Waals surface area (Å²) in [5.41, 5.74) is -0.00597. The zero-order valence-electron chi connectivity index (χ0n) is 13.7. The number of nitrogens with zero attached hydrogens (tertiary/aromatic N) is 2. The topological polar surface area (TPSA) is 62.5 Å². The van der Waals surface area contributed by atoms with Crippen LogP contribution in [0.4, 0.5) is 0 Å². The Morgan fingerprint density at radius 1 is 1.38 bits per heavy atom. The normalized spacial score (nSPS) is 16.1. The maximum Gasteiger partial charge on any atom is 0.213 e. The molecule has 1 aromatic heterocycles. The SMILES string of the molecule is CN=C(NCCCC1CC1)NCc1ncc(C(C)(C)C)o1. The molecule has 0 bridgehead atoms. The van der Waals surface area contributed by atoms with Gasteiger partial charge in [0.1, 0.15) is 5.76 Å². The van der Waals surface area contributed by atoms with E-state index in [1.165, 1.54) is 25.7 Å². The van der Waals surface area contributed by atoms with Gasteiger partial charge in [-0.05, 0) is 18.8 Å². The second kappa shape index (κ2) is 6.96. The van der Waals surface area contributed by atoms with Crippen molar-refractivity contribution in [2.75, 3.05) is 13.6 Å². The van der Waals surface area contributed by atoms with Crippen molar-refractivity contribution >= 4 is 5.96 Å². The van der Waals surface area contributed by atoms with Crippen LogP contribution in [-0.4, -0.2) is 24.5 Å². The lowest BCUT2D eigenvalue weighted by Crippen LogP contribution is -2.37. The molecule has 0 atom stereocenters. The summed E-state index contributed by atoms with van der Waals surface area (Å²) in [5.74, 6) is 3.40. The zero-order valence-corrected chi connectivity index (χ0v) is 13.7. The Kier molecular flexibility index (Phi) is 5.26. The number of aromatic nitrogens is 1. The van der Waals surface area contributed by atoms with E-state index < -0.39 is 0 Å². The van der Waals surface area contributed by atoms with Crippen molar-refractivity contribution in [3.8, 4) is 0 Å². The standard InChI is InChI=1S/C16H28N4O/c1-16(2,3)13-10-19-14(21-13)11-20-15(17-4)18-9-5-6-12-7-8-12/h10,12H,5-9,11H2,1-4H3,(H2,17,18,20). The van der Waals surface area contributed by atoms with Crippen LogP contribution in [-0.2, 0) is 12.0 Å². The van der Waals surface area contributed by atoms with E-state index in [2.05, 4.69) is 41.4 Å². The molecule has 2 N–H and O–H groups in total. The van der Waals surface area contributed by atoms with Crippen LogP contribution in [0.5, 0.6) is 0 Å². The summed E-state index contributed by atoms with van der Waals surface area (Å²) in [6.07, 6.45) is 7.19. The average Bonchev–Trinajstić information content (AvgIpc) is 3.12. The highest BCUT2D eigenvalue weighted by atomic mass is 16.4. The molecule has 0 aliphatic heterocycles. The predicted octanol–water partition coefficient (Wildman–Crippen LogP) is 2.83. The Morgan fingerprint density at radius 3 is 2.71 bits per heavy atom. The van der Waals surface area contributed by atoms with E-state index in [0.717, 1.165) is 24.2 Å². The minimum Gasteiger partial charge on any atom is -0.443 e. The van der Waals surface area contributed by atoms with E-state index >= 15 is 0 Å². The molecule has 1 aromatic rings. The first kappa shape index (κ1) is 15.9. The molecule has 0 unspecified atom stereocenters. The molecule has 1 fully saturated rings. The van der Waals surface area contributed by atoms with Crippen LogP contribution in [0.15, 0.2) is 15.6 Å². The maximum atomic E-state index is 5.75. The van der Waals surface area contributed by atoms with E-state index in [9.17, 15) is 0 Å². The third-order valence-electron chi connectivity index (χ3n) is 3.70. The lowest BCUT2D eigenvalue weighted by atomic mass is 9.94. The quantitative estimate of drug-likeness (QED) is 0.481. The Morgan fingerprint density at radius 2 is 2.14 bits per heavy atom. The molecule has 21 heavy (non-hydrogen) atoms. The number of rotatable bonds is 6. The summed E-state index contributed by atoms with van der Waals surface area (Å²) in [6, 6.07) is 0.